The van der Waals surface area contributed by atoms with Gasteiger partial charge in [-0.15, -0.1) is 0 Å². The maximum atomic E-state index is 12.7. The van der Waals surface area contributed by atoms with E-state index in [4.69, 9.17) is 0 Å². The van der Waals surface area contributed by atoms with Gasteiger partial charge in [-0.3, -0.25) is 4.79 Å². The molecule has 2 rings (SSSR count). The van der Waals surface area contributed by atoms with E-state index in [2.05, 4.69) is 10.1 Å². The zero-order valence-electron chi connectivity index (χ0n) is 11.3. The number of alkyl halides is 2. The molecular weight excluding hydrogens is 295 g/mol. The second-order valence-corrected chi connectivity index (χ2v) is 4.25. The molecule has 0 aliphatic heterocycles. The van der Waals surface area contributed by atoms with Gasteiger partial charge < -0.3 is 10.1 Å². The Bertz CT molecular complexity index is 669. The Morgan fingerprint density at radius 2 is 1.77 bits per heavy atom. The second-order valence-electron chi connectivity index (χ2n) is 4.25. The van der Waals surface area contributed by atoms with Crippen LogP contribution >= 0.6 is 0 Å². The number of nitrogens with one attached hydrogen (secondary N) is 1. The molecule has 1 amide bonds. The number of carbonyl (C=O) groups excluding carboxylic acids is 1. The van der Waals surface area contributed by atoms with Gasteiger partial charge in [0.25, 0.3) is 0 Å². The van der Waals surface area contributed by atoms with Gasteiger partial charge >= 0.3 is 6.61 Å². The van der Waals surface area contributed by atoms with Crippen molar-refractivity contribution in [1.29, 1.82) is 0 Å². The van der Waals surface area contributed by atoms with E-state index < -0.39 is 12.5 Å². The van der Waals surface area contributed by atoms with E-state index in [1.54, 1.807) is 6.07 Å². The van der Waals surface area contributed by atoms with Crippen LogP contribution in [0.1, 0.15) is 5.56 Å². The highest BCUT2D eigenvalue weighted by Gasteiger charge is 2.10. The van der Waals surface area contributed by atoms with Gasteiger partial charge in [-0.05, 0) is 35.9 Å². The largest absolute Gasteiger partial charge is 0.433 e. The fourth-order valence-electron chi connectivity index (χ4n) is 1.69. The fraction of sp³-hybridized carbons (Fsp3) is 0.0625. The quantitative estimate of drug-likeness (QED) is 0.845. The molecule has 0 saturated heterocycles. The molecule has 114 valence electrons. The molecule has 0 fully saturated rings. The Kier molecular flexibility index (Phi) is 5.19. The molecule has 0 atom stereocenters. The van der Waals surface area contributed by atoms with Crippen molar-refractivity contribution in [2.75, 3.05) is 5.32 Å². The third-order valence-electron chi connectivity index (χ3n) is 2.66. The van der Waals surface area contributed by atoms with Gasteiger partial charge in [-0.25, -0.2) is 4.39 Å². The molecule has 0 aliphatic rings. The summed E-state index contributed by atoms with van der Waals surface area (Å²) in [7, 11) is 0. The summed E-state index contributed by atoms with van der Waals surface area (Å²) in [6.07, 6.45) is 2.69. The van der Waals surface area contributed by atoms with Crippen molar-refractivity contribution in [3.63, 3.8) is 0 Å². The zero-order valence-corrected chi connectivity index (χ0v) is 11.3. The van der Waals surface area contributed by atoms with Crippen LogP contribution < -0.4 is 10.1 Å². The van der Waals surface area contributed by atoms with Crippen molar-refractivity contribution in [2.45, 2.75) is 6.61 Å². The van der Waals surface area contributed by atoms with Crippen LogP contribution in [0.4, 0.5) is 18.9 Å². The Hall–Kier alpha value is -2.76. The average molecular weight is 307 g/mol. The third kappa shape index (κ3) is 4.66. The molecule has 0 radical (unpaired) electrons. The summed E-state index contributed by atoms with van der Waals surface area (Å²) in [4.78, 5) is 11.8. The number of hydrogen-bond donors (Lipinski definition) is 1. The van der Waals surface area contributed by atoms with Gasteiger partial charge in [-0.1, -0.05) is 24.3 Å². The number of halogens is 3. The van der Waals surface area contributed by atoms with Crippen LogP contribution in [-0.2, 0) is 4.79 Å². The smallest absolute Gasteiger partial charge is 0.387 e. The topological polar surface area (TPSA) is 38.3 Å². The number of amides is 1. The molecule has 0 aromatic heterocycles. The Balaban J connectivity index is 2.04. The summed E-state index contributed by atoms with van der Waals surface area (Å²) in [6, 6.07) is 11.4. The van der Waals surface area contributed by atoms with E-state index in [1.165, 1.54) is 54.6 Å². The lowest BCUT2D eigenvalue weighted by Crippen LogP contribution is -2.11. The fourth-order valence-corrected chi connectivity index (χ4v) is 1.69. The SMILES string of the molecule is O=C(/C=C/c1ccc(F)cc1)Nc1ccccc1OC(F)F. The zero-order chi connectivity index (χ0) is 15.9. The van der Waals surface area contributed by atoms with Crippen LogP contribution in [0.25, 0.3) is 6.08 Å². The first kappa shape index (κ1) is 15.6. The molecule has 0 unspecified atom stereocenters. The first-order valence-electron chi connectivity index (χ1n) is 6.33. The van der Waals surface area contributed by atoms with Crippen LogP contribution in [0.5, 0.6) is 5.75 Å². The molecule has 22 heavy (non-hydrogen) atoms. The van der Waals surface area contributed by atoms with Gasteiger partial charge in [0.1, 0.15) is 11.6 Å². The highest BCUT2D eigenvalue weighted by molar-refractivity contribution is 6.02. The lowest BCUT2D eigenvalue weighted by Gasteiger charge is -2.10. The van der Waals surface area contributed by atoms with Crippen LogP contribution in [-0.4, -0.2) is 12.5 Å². The number of benzene rings is 2. The van der Waals surface area contributed by atoms with Gasteiger partial charge in [0.2, 0.25) is 5.91 Å². The number of para-hydroxylation sites is 2. The van der Waals surface area contributed by atoms with E-state index in [0.29, 0.717) is 5.56 Å². The Labute approximate surface area is 125 Å². The number of ether oxygens (including phenoxy) is 1. The normalized spacial score (nSPS) is 10.9. The van der Waals surface area contributed by atoms with Crippen LogP contribution in [0.15, 0.2) is 54.6 Å². The first-order valence-corrected chi connectivity index (χ1v) is 6.33. The van der Waals surface area contributed by atoms with Crippen molar-refractivity contribution < 1.29 is 22.7 Å². The standard InChI is InChI=1S/C16H12F3NO2/c17-12-8-5-11(6-9-12)7-10-15(21)20-13-3-1-2-4-14(13)22-16(18)19/h1-10,16H,(H,20,21)/b10-7+. The monoisotopic (exact) mass is 307 g/mol. The molecule has 1 N–H and O–H groups in total. The minimum absolute atomic E-state index is 0.124. The van der Waals surface area contributed by atoms with Crippen molar-refractivity contribution >= 4 is 17.7 Å². The molecule has 6 heteroatoms. The first-order chi connectivity index (χ1) is 10.5. The molecule has 0 aliphatic carbocycles. The highest BCUT2D eigenvalue weighted by atomic mass is 19.3. The van der Waals surface area contributed by atoms with Gasteiger partial charge in [0, 0.05) is 6.08 Å². The van der Waals surface area contributed by atoms with E-state index in [-0.39, 0.29) is 17.3 Å². The predicted molar refractivity (Wildman–Crippen MR) is 77.1 cm³/mol. The maximum absolute atomic E-state index is 12.7. The van der Waals surface area contributed by atoms with Crippen molar-refractivity contribution in [1.82, 2.24) is 0 Å². The van der Waals surface area contributed by atoms with Crippen molar-refractivity contribution in [3.05, 3.63) is 66.0 Å². The van der Waals surface area contributed by atoms with Gasteiger partial charge in [0.05, 0.1) is 5.69 Å². The number of hydrogen-bond acceptors (Lipinski definition) is 2. The summed E-state index contributed by atoms with van der Waals surface area (Å²) >= 11 is 0. The van der Waals surface area contributed by atoms with Crippen LogP contribution in [0, 0.1) is 5.82 Å². The van der Waals surface area contributed by atoms with E-state index in [0.717, 1.165) is 0 Å². The lowest BCUT2D eigenvalue weighted by molar-refractivity contribution is -0.111. The minimum atomic E-state index is -2.98. The molecule has 0 heterocycles. The number of rotatable bonds is 5. The van der Waals surface area contributed by atoms with Gasteiger partial charge in [0.15, 0.2) is 0 Å². The molecular formula is C16H12F3NO2. The highest BCUT2D eigenvalue weighted by Crippen LogP contribution is 2.25. The number of carbonyl (C=O) groups is 1. The Morgan fingerprint density at radius 1 is 1.09 bits per heavy atom. The predicted octanol–water partition coefficient (Wildman–Crippen LogP) is 4.08. The van der Waals surface area contributed by atoms with Crippen LogP contribution in [0.3, 0.4) is 0 Å². The van der Waals surface area contributed by atoms with Crippen LogP contribution in [0.2, 0.25) is 0 Å². The van der Waals surface area contributed by atoms with Crippen molar-refractivity contribution in [3.8, 4) is 5.75 Å². The average Bonchev–Trinajstić information content (AvgIpc) is 2.48. The number of anilines is 1. The third-order valence-corrected chi connectivity index (χ3v) is 2.66. The molecule has 0 saturated carbocycles. The summed E-state index contributed by atoms with van der Waals surface area (Å²) in [6.45, 7) is -2.98. The molecule has 2 aromatic carbocycles. The van der Waals surface area contributed by atoms with Gasteiger partial charge in [-0.2, -0.15) is 8.78 Å². The second kappa shape index (κ2) is 7.31. The summed E-state index contributed by atoms with van der Waals surface area (Å²) < 4.78 is 41.6. The Morgan fingerprint density at radius 3 is 2.45 bits per heavy atom. The molecule has 0 bridgehead atoms. The summed E-state index contributed by atoms with van der Waals surface area (Å²) in [5.74, 6) is -1.02. The van der Waals surface area contributed by atoms with E-state index >= 15 is 0 Å². The maximum Gasteiger partial charge on any atom is 0.387 e. The van der Waals surface area contributed by atoms with E-state index in [9.17, 15) is 18.0 Å². The lowest BCUT2D eigenvalue weighted by atomic mass is 10.2. The van der Waals surface area contributed by atoms with Crippen molar-refractivity contribution in [2.24, 2.45) is 0 Å². The molecule has 0 spiro atoms. The van der Waals surface area contributed by atoms with E-state index in [1.807, 2.05) is 0 Å². The minimum Gasteiger partial charge on any atom is -0.433 e. The molecule has 2 aromatic rings. The summed E-state index contributed by atoms with van der Waals surface area (Å²) in [5, 5.41) is 2.44. The molecule has 3 nitrogen and oxygen atoms in total. The summed E-state index contributed by atoms with van der Waals surface area (Å²) in [5.41, 5.74) is 0.769.